The van der Waals surface area contributed by atoms with Crippen molar-refractivity contribution >= 4 is 40.5 Å². The zero-order valence-corrected chi connectivity index (χ0v) is 14.8. The highest BCUT2D eigenvalue weighted by Gasteiger charge is 2.15. The van der Waals surface area contributed by atoms with Crippen molar-refractivity contribution < 1.29 is 14.3 Å². The summed E-state index contributed by atoms with van der Waals surface area (Å²) in [5, 5.41) is 8.68. The molecule has 2 rings (SSSR count). The first kappa shape index (κ1) is 18.5. The van der Waals surface area contributed by atoms with E-state index in [9.17, 15) is 9.59 Å². The zero-order chi connectivity index (χ0) is 18.4. The number of methoxy groups -OCH3 is 1. The predicted octanol–water partition coefficient (Wildman–Crippen LogP) is 3.14. The van der Waals surface area contributed by atoms with Crippen LogP contribution in [0.5, 0.6) is 5.75 Å². The molecule has 1 aromatic heterocycles. The lowest BCUT2D eigenvalue weighted by Gasteiger charge is -2.17. The van der Waals surface area contributed by atoms with E-state index in [-0.39, 0.29) is 17.0 Å². The number of carbonyl (C=O) groups is 2. The molecule has 7 nitrogen and oxygen atoms in total. The Bertz CT molecular complexity index is 782. The molecule has 1 unspecified atom stereocenters. The van der Waals surface area contributed by atoms with Gasteiger partial charge in [-0.05, 0) is 31.2 Å². The average Bonchev–Trinajstić information content (AvgIpc) is 2.57. The Kier molecular flexibility index (Phi) is 6.19. The fraction of sp³-hybridized carbons (Fsp3) is 0.235. The Labute approximate surface area is 150 Å². The van der Waals surface area contributed by atoms with Crippen molar-refractivity contribution in [1.29, 1.82) is 0 Å². The molecule has 0 fully saturated rings. The monoisotopic (exact) mass is 362 g/mol. The molecule has 132 valence electrons. The van der Waals surface area contributed by atoms with Gasteiger partial charge in [0, 0.05) is 24.9 Å². The number of pyridine rings is 1. The second-order valence-corrected chi connectivity index (χ2v) is 5.65. The highest BCUT2D eigenvalue weighted by Crippen LogP contribution is 2.28. The van der Waals surface area contributed by atoms with Gasteiger partial charge in [-0.2, -0.15) is 0 Å². The van der Waals surface area contributed by atoms with Crippen LogP contribution in [-0.2, 0) is 9.59 Å². The third kappa shape index (κ3) is 5.09. The Hall–Kier alpha value is -2.80. The number of rotatable bonds is 6. The van der Waals surface area contributed by atoms with Crippen molar-refractivity contribution in [2.75, 3.05) is 23.1 Å². The van der Waals surface area contributed by atoms with E-state index in [1.807, 2.05) is 0 Å². The standard InChI is InChI=1S/C17H19ClN4O3/c1-10(17(24)22-14-5-4-8-19-16(14)18)20-12-6-7-13(21-11(2)23)15(9-12)25-3/h4-10,20H,1-3H3,(H,21,23)(H,22,24). The molecule has 2 aromatic rings. The van der Waals surface area contributed by atoms with Crippen molar-refractivity contribution in [3.63, 3.8) is 0 Å². The van der Waals surface area contributed by atoms with Gasteiger partial charge in [-0.15, -0.1) is 0 Å². The van der Waals surface area contributed by atoms with E-state index < -0.39 is 6.04 Å². The number of hydrogen-bond donors (Lipinski definition) is 3. The summed E-state index contributed by atoms with van der Waals surface area (Å²) in [6, 6.07) is 7.97. The number of ether oxygens (including phenoxy) is 1. The molecule has 3 N–H and O–H groups in total. The molecule has 2 amide bonds. The Morgan fingerprint density at radius 1 is 1.20 bits per heavy atom. The normalized spacial score (nSPS) is 11.4. The van der Waals surface area contributed by atoms with Gasteiger partial charge in [0.05, 0.1) is 18.5 Å². The molecule has 25 heavy (non-hydrogen) atoms. The molecule has 0 saturated heterocycles. The molecule has 0 radical (unpaired) electrons. The minimum absolute atomic E-state index is 0.194. The van der Waals surface area contributed by atoms with E-state index in [4.69, 9.17) is 16.3 Å². The number of halogens is 1. The summed E-state index contributed by atoms with van der Waals surface area (Å²) in [6.07, 6.45) is 1.54. The smallest absolute Gasteiger partial charge is 0.246 e. The summed E-state index contributed by atoms with van der Waals surface area (Å²) in [5.74, 6) is 0.0306. The van der Waals surface area contributed by atoms with Crippen LogP contribution in [0.15, 0.2) is 36.5 Å². The minimum Gasteiger partial charge on any atom is -0.494 e. The first-order valence-electron chi connectivity index (χ1n) is 7.54. The molecular weight excluding hydrogens is 344 g/mol. The lowest BCUT2D eigenvalue weighted by molar-refractivity contribution is -0.116. The summed E-state index contributed by atoms with van der Waals surface area (Å²) in [6.45, 7) is 3.13. The van der Waals surface area contributed by atoms with Crippen molar-refractivity contribution in [2.45, 2.75) is 19.9 Å². The highest BCUT2D eigenvalue weighted by atomic mass is 35.5. The Morgan fingerprint density at radius 3 is 2.60 bits per heavy atom. The Morgan fingerprint density at radius 2 is 1.96 bits per heavy atom. The first-order valence-corrected chi connectivity index (χ1v) is 7.92. The minimum atomic E-state index is -0.535. The summed E-state index contributed by atoms with van der Waals surface area (Å²) in [5.41, 5.74) is 1.67. The number of benzene rings is 1. The van der Waals surface area contributed by atoms with E-state index >= 15 is 0 Å². The first-order chi connectivity index (χ1) is 11.9. The van der Waals surface area contributed by atoms with Crippen molar-refractivity contribution in [3.8, 4) is 5.75 Å². The third-order valence-electron chi connectivity index (χ3n) is 3.31. The number of aromatic nitrogens is 1. The molecule has 1 atom stereocenters. The lowest BCUT2D eigenvalue weighted by atomic mass is 10.2. The lowest BCUT2D eigenvalue weighted by Crippen LogP contribution is -2.32. The van der Waals surface area contributed by atoms with E-state index in [1.165, 1.54) is 14.0 Å². The topological polar surface area (TPSA) is 92.3 Å². The molecule has 0 bridgehead atoms. The van der Waals surface area contributed by atoms with Crippen LogP contribution in [-0.4, -0.2) is 29.9 Å². The molecule has 0 saturated carbocycles. The van der Waals surface area contributed by atoms with Crippen LogP contribution < -0.4 is 20.7 Å². The number of amides is 2. The van der Waals surface area contributed by atoms with Gasteiger partial charge in [-0.25, -0.2) is 4.98 Å². The van der Waals surface area contributed by atoms with E-state index in [1.54, 1.807) is 43.5 Å². The molecule has 1 heterocycles. The number of nitrogens with one attached hydrogen (secondary N) is 3. The van der Waals surface area contributed by atoms with Gasteiger partial charge in [0.2, 0.25) is 11.8 Å². The van der Waals surface area contributed by atoms with Gasteiger partial charge in [0.15, 0.2) is 5.15 Å². The summed E-state index contributed by atoms with van der Waals surface area (Å²) in [7, 11) is 1.50. The summed E-state index contributed by atoms with van der Waals surface area (Å²) >= 11 is 5.93. The zero-order valence-electron chi connectivity index (χ0n) is 14.1. The fourth-order valence-electron chi connectivity index (χ4n) is 2.11. The maximum absolute atomic E-state index is 12.3. The fourth-order valence-corrected chi connectivity index (χ4v) is 2.28. The number of nitrogens with zero attached hydrogens (tertiary/aromatic N) is 1. The van der Waals surface area contributed by atoms with Gasteiger partial charge in [0.25, 0.3) is 0 Å². The number of hydrogen-bond acceptors (Lipinski definition) is 5. The largest absolute Gasteiger partial charge is 0.494 e. The maximum atomic E-state index is 12.3. The van der Waals surface area contributed by atoms with E-state index in [0.717, 1.165) is 0 Å². The average molecular weight is 363 g/mol. The molecule has 1 aromatic carbocycles. The summed E-state index contributed by atoms with van der Waals surface area (Å²) < 4.78 is 5.26. The second kappa shape index (κ2) is 8.34. The molecule has 0 aliphatic heterocycles. The molecular formula is C17H19ClN4O3. The van der Waals surface area contributed by atoms with Crippen LogP contribution in [0.2, 0.25) is 5.15 Å². The second-order valence-electron chi connectivity index (χ2n) is 5.29. The quantitative estimate of drug-likeness (QED) is 0.686. The maximum Gasteiger partial charge on any atom is 0.246 e. The third-order valence-corrected chi connectivity index (χ3v) is 3.61. The highest BCUT2D eigenvalue weighted by molar-refractivity contribution is 6.32. The van der Waals surface area contributed by atoms with Crippen LogP contribution in [0.3, 0.4) is 0 Å². The molecule has 0 aliphatic carbocycles. The van der Waals surface area contributed by atoms with E-state index in [2.05, 4.69) is 20.9 Å². The van der Waals surface area contributed by atoms with Gasteiger partial charge in [-0.1, -0.05) is 11.6 Å². The SMILES string of the molecule is COc1cc(NC(C)C(=O)Nc2cccnc2Cl)ccc1NC(C)=O. The molecule has 0 aliphatic rings. The van der Waals surface area contributed by atoms with Crippen LogP contribution in [0.25, 0.3) is 0 Å². The number of anilines is 3. The van der Waals surface area contributed by atoms with Gasteiger partial charge in [-0.3, -0.25) is 9.59 Å². The van der Waals surface area contributed by atoms with Crippen molar-refractivity contribution in [2.24, 2.45) is 0 Å². The van der Waals surface area contributed by atoms with Crippen LogP contribution >= 0.6 is 11.6 Å². The molecule has 0 spiro atoms. The van der Waals surface area contributed by atoms with Gasteiger partial charge in [0.1, 0.15) is 11.8 Å². The predicted molar refractivity (Wildman–Crippen MR) is 98.3 cm³/mol. The van der Waals surface area contributed by atoms with Crippen LogP contribution in [0, 0.1) is 0 Å². The van der Waals surface area contributed by atoms with Crippen LogP contribution in [0.4, 0.5) is 17.1 Å². The summed E-state index contributed by atoms with van der Waals surface area (Å²) in [4.78, 5) is 27.4. The van der Waals surface area contributed by atoms with Crippen LogP contribution in [0.1, 0.15) is 13.8 Å². The van der Waals surface area contributed by atoms with Crippen molar-refractivity contribution in [3.05, 3.63) is 41.7 Å². The van der Waals surface area contributed by atoms with Gasteiger partial charge >= 0.3 is 0 Å². The van der Waals surface area contributed by atoms with Crippen molar-refractivity contribution in [1.82, 2.24) is 4.98 Å². The molecule has 8 heteroatoms. The number of carbonyl (C=O) groups excluding carboxylic acids is 2. The van der Waals surface area contributed by atoms with E-state index in [0.29, 0.717) is 22.8 Å². The van der Waals surface area contributed by atoms with Gasteiger partial charge < -0.3 is 20.7 Å². The Balaban J connectivity index is 2.06.